The number of carbonyl (C=O) groups is 5. The molecule has 0 aromatic heterocycles. The Balaban J connectivity index is 1.68. The van der Waals surface area contributed by atoms with Crippen LogP contribution in [0.15, 0.2) is 24.3 Å². The summed E-state index contributed by atoms with van der Waals surface area (Å²) in [6, 6.07) is 4.65. The van der Waals surface area contributed by atoms with Crippen molar-refractivity contribution in [3.8, 4) is 0 Å². The lowest BCUT2D eigenvalue weighted by Gasteiger charge is -2.24. The van der Waals surface area contributed by atoms with Crippen molar-refractivity contribution in [2.45, 2.75) is 52.0 Å². The number of ether oxygens (including phenoxy) is 2. The molecule has 2 aromatic rings. The largest absolute Gasteiger partial charge is 0.462 e. The van der Waals surface area contributed by atoms with Crippen molar-refractivity contribution in [1.82, 2.24) is 4.90 Å². The summed E-state index contributed by atoms with van der Waals surface area (Å²) in [6.45, 7) is 3.48. The van der Waals surface area contributed by atoms with E-state index in [0.29, 0.717) is 35.6 Å². The van der Waals surface area contributed by atoms with Gasteiger partial charge in [0.2, 0.25) is 0 Å². The van der Waals surface area contributed by atoms with Crippen LogP contribution in [0, 0.1) is 0 Å². The molecule has 0 saturated carbocycles. The second-order valence-corrected chi connectivity index (χ2v) is 10.4. The van der Waals surface area contributed by atoms with E-state index in [0.717, 1.165) is 12.8 Å². The van der Waals surface area contributed by atoms with Gasteiger partial charge in [0.25, 0.3) is 17.7 Å². The van der Waals surface area contributed by atoms with Gasteiger partial charge >= 0.3 is 11.9 Å². The fourth-order valence-electron chi connectivity index (χ4n) is 3.91. The minimum atomic E-state index is -1.34. The predicted octanol–water partition coefficient (Wildman–Crippen LogP) is 6.59. The standard InChI is InChI=1S/C27H26Cl4N2O7/c1-3-5-7-16(33-24(35)18-19(25(33)36)21(29)23(31)22(30)20(18)28)27(38)40-13-17(34)32-15-10-8-14(9-11-15)26(37)39-12-6-4-2/h8-11,16H,3-7,12-13H2,1-2H3,(H,32,34)/t16-/m0/s1. The quantitative estimate of drug-likeness (QED) is 0.0922. The third-order valence-corrected chi connectivity index (χ3v) is 7.83. The number of rotatable bonds is 12. The number of carbonyl (C=O) groups excluding carboxylic acids is 5. The number of benzene rings is 2. The molecule has 0 aliphatic carbocycles. The van der Waals surface area contributed by atoms with E-state index in [2.05, 4.69) is 5.32 Å². The van der Waals surface area contributed by atoms with E-state index in [-0.39, 0.29) is 37.6 Å². The summed E-state index contributed by atoms with van der Waals surface area (Å²) >= 11 is 24.5. The molecule has 2 aromatic carbocycles. The lowest BCUT2D eigenvalue weighted by atomic mass is 10.1. The normalized spacial score (nSPS) is 13.2. The van der Waals surface area contributed by atoms with Crippen molar-refractivity contribution >= 4 is 81.8 Å². The first-order chi connectivity index (χ1) is 19.0. The molecule has 1 N–H and O–H groups in total. The summed E-state index contributed by atoms with van der Waals surface area (Å²) < 4.78 is 10.3. The van der Waals surface area contributed by atoms with Crippen LogP contribution < -0.4 is 5.32 Å². The van der Waals surface area contributed by atoms with Crippen LogP contribution >= 0.6 is 46.4 Å². The van der Waals surface area contributed by atoms with Crippen LogP contribution in [-0.4, -0.2) is 53.8 Å². The number of nitrogens with one attached hydrogen (secondary N) is 1. The number of amides is 3. The number of anilines is 1. The molecule has 0 radical (unpaired) electrons. The molecule has 40 heavy (non-hydrogen) atoms. The topological polar surface area (TPSA) is 119 Å². The Hall–Kier alpha value is -2.85. The number of hydrogen-bond donors (Lipinski definition) is 1. The highest BCUT2D eigenvalue weighted by atomic mass is 35.5. The van der Waals surface area contributed by atoms with Crippen LogP contribution in [0.3, 0.4) is 0 Å². The van der Waals surface area contributed by atoms with E-state index >= 15 is 0 Å². The third-order valence-electron chi connectivity index (χ3n) is 6.03. The van der Waals surface area contributed by atoms with Crippen LogP contribution in [0.5, 0.6) is 0 Å². The number of nitrogens with zero attached hydrogens (tertiary/aromatic N) is 1. The Morgan fingerprint density at radius 1 is 0.825 bits per heavy atom. The molecule has 1 aliphatic rings. The maximum absolute atomic E-state index is 13.2. The average molecular weight is 632 g/mol. The van der Waals surface area contributed by atoms with Gasteiger partial charge in [-0.3, -0.25) is 19.3 Å². The molecule has 0 spiro atoms. The first kappa shape index (κ1) is 31.7. The highest BCUT2D eigenvalue weighted by Crippen LogP contribution is 2.45. The first-order valence-corrected chi connectivity index (χ1v) is 14.0. The molecule has 13 heteroatoms. The van der Waals surface area contributed by atoms with E-state index in [1.807, 2.05) is 13.8 Å². The van der Waals surface area contributed by atoms with Crippen molar-refractivity contribution in [1.29, 1.82) is 0 Å². The summed E-state index contributed by atoms with van der Waals surface area (Å²) in [7, 11) is 0. The third kappa shape index (κ3) is 6.89. The van der Waals surface area contributed by atoms with Crippen LogP contribution in [0.2, 0.25) is 20.1 Å². The van der Waals surface area contributed by atoms with Crippen molar-refractivity contribution in [2.24, 2.45) is 0 Å². The molecule has 3 amide bonds. The average Bonchev–Trinajstić information content (AvgIpc) is 3.20. The molecule has 0 fully saturated rings. The van der Waals surface area contributed by atoms with Gasteiger partial charge in [-0.1, -0.05) is 79.5 Å². The molecule has 9 nitrogen and oxygen atoms in total. The van der Waals surface area contributed by atoms with Gasteiger partial charge in [-0.2, -0.15) is 0 Å². The Kier molecular flexibility index (Phi) is 11.2. The Morgan fingerprint density at radius 2 is 1.38 bits per heavy atom. The second-order valence-electron chi connectivity index (χ2n) is 8.87. The molecule has 0 bridgehead atoms. The summed E-state index contributed by atoms with van der Waals surface area (Å²) in [5.41, 5.74) is 0.168. The monoisotopic (exact) mass is 630 g/mol. The highest BCUT2D eigenvalue weighted by molar-refractivity contribution is 6.55. The minimum Gasteiger partial charge on any atom is -0.462 e. The smallest absolute Gasteiger partial charge is 0.338 e. The molecule has 0 saturated heterocycles. The lowest BCUT2D eigenvalue weighted by Crippen LogP contribution is -2.46. The molecule has 3 rings (SSSR count). The maximum Gasteiger partial charge on any atom is 0.338 e. The van der Waals surface area contributed by atoms with Crippen molar-refractivity contribution in [2.75, 3.05) is 18.5 Å². The Labute approximate surface area is 251 Å². The summed E-state index contributed by atoms with van der Waals surface area (Å²) in [4.78, 5) is 64.7. The van der Waals surface area contributed by atoms with Crippen molar-refractivity contribution in [3.05, 3.63) is 61.0 Å². The zero-order valence-electron chi connectivity index (χ0n) is 21.7. The fraction of sp³-hybridized carbons (Fsp3) is 0.370. The zero-order valence-corrected chi connectivity index (χ0v) is 24.7. The van der Waals surface area contributed by atoms with Gasteiger partial charge in [-0.05, 0) is 37.1 Å². The number of hydrogen-bond acceptors (Lipinski definition) is 7. The number of halogens is 4. The van der Waals surface area contributed by atoms with E-state index < -0.39 is 42.3 Å². The molecular formula is C27H26Cl4N2O7. The number of fused-ring (bicyclic) bond motifs is 1. The summed E-state index contributed by atoms with van der Waals surface area (Å²) in [5, 5.41) is 1.65. The fourth-order valence-corrected chi connectivity index (χ4v) is 4.93. The van der Waals surface area contributed by atoms with Gasteiger partial charge in [0.15, 0.2) is 6.61 Å². The number of unbranched alkanes of at least 4 members (excludes halogenated alkanes) is 2. The van der Waals surface area contributed by atoms with Crippen molar-refractivity contribution in [3.63, 3.8) is 0 Å². The van der Waals surface area contributed by atoms with E-state index in [9.17, 15) is 24.0 Å². The van der Waals surface area contributed by atoms with Gasteiger partial charge in [0.05, 0.1) is 43.4 Å². The molecule has 214 valence electrons. The second kappa shape index (κ2) is 14.2. The van der Waals surface area contributed by atoms with Crippen LogP contribution in [-0.2, 0) is 19.1 Å². The summed E-state index contributed by atoms with van der Waals surface area (Å²) in [5.74, 6) is -3.86. The zero-order chi connectivity index (χ0) is 29.6. The lowest BCUT2D eigenvalue weighted by molar-refractivity contribution is -0.151. The van der Waals surface area contributed by atoms with Gasteiger partial charge in [0.1, 0.15) is 6.04 Å². The van der Waals surface area contributed by atoms with Crippen LogP contribution in [0.25, 0.3) is 0 Å². The minimum absolute atomic E-state index is 0.0783. The number of imide groups is 1. The van der Waals surface area contributed by atoms with E-state index in [1.165, 1.54) is 24.3 Å². The Morgan fingerprint density at radius 3 is 1.90 bits per heavy atom. The summed E-state index contributed by atoms with van der Waals surface area (Å²) in [6.07, 6.45) is 2.85. The molecule has 1 aliphatic heterocycles. The number of esters is 2. The highest BCUT2D eigenvalue weighted by Gasteiger charge is 2.47. The van der Waals surface area contributed by atoms with Gasteiger partial charge in [-0.25, -0.2) is 9.59 Å². The van der Waals surface area contributed by atoms with Crippen LogP contribution in [0.4, 0.5) is 5.69 Å². The maximum atomic E-state index is 13.2. The molecule has 1 atom stereocenters. The molecular weight excluding hydrogens is 606 g/mol. The molecule has 1 heterocycles. The van der Waals surface area contributed by atoms with E-state index in [4.69, 9.17) is 55.9 Å². The van der Waals surface area contributed by atoms with Gasteiger partial charge in [0, 0.05) is 5.69 Å². The SMILES string of the molecule is CCCCOC(=O)c1ccc(NC(=O)COC(=O)[C@H](CCCC)N2C(=O)c3c(Cl)c(Cl)c(Cl)c(Cl)c3C2=O)cc1. The first-order valence-electron chi connectivity index (χ1n) is 12.5. The molecule has 0 unspecified atom stereocenters. The van der Waals surface area contributed by atoms with Crippen molar-refractivity contribution < 1.29 is 33.4 Å². The van der Waals surface area contributed by atoms with Gasteiger partial charge in [-0.15, -0.1) is 0 Å². The Bertz CT molecular complexity index is 1280. The van der Waals surface area contributed by atoms with E-state index in [1.54, 1.807) is 0 Å². The predicted molar refractivity (Wildman–Crippen MR) is 152 cm³/mol. The van der Waals surface area contributed by atoms with Gasteiger partial charge < -0.3 is 14.8 Å². The van der Waals surface area contributed by atoms with Crippen LogP contribution in [0.1, 0.15) is 77.0 Å².